The van der Waals surface area contributed by atoms with Crippen LogP contribution in [-0.4, -0.2) is 41.3 Å². The quantitative estimate of drug-likeness (QED) is 0.418. The van der Waals surface area contributed by atoms with Gasteiger partial charge in [-0.1, -0.05) is 36.0 Å². The summed E-state index contributed by atoms with van der Waals surface area (Å²) in [4.78, 5) is 33.5. The molecule has 7 nitrogen and oxygen atoms in total. The molecule has 1 saturated heterocycles. The Morgan fingerprint density at radius 3 is 2.61 bits per heavy atom. The van der Waals surface area contributed by atoms with Gasteiger partial charge >= 0.3 is 0 Å². The van der Waals surface area contributed by atoms with Crippen molar-refractivity contribution in [1.82, 2.24) is 4.90 Å². The third kappa shape index (κ3) is 5.28. The number of allylic oxidation sites excluding steroid dienone is 1. The number of methoxy groups -OCH3 is 1. The zero-order valence-electron chi connectivity index (χ0n) is 21.0. The number of carbonyl (C=O) groups is 2. The summed E-state index contributed by atoms with van der Waals surface area (Å²) >= 11 is 1.68. The number of hydrogen-bond acceptors (Lipinski definition) is 6. The van der Waals surface area contributed by atoms with Crippen molar-refractivity contribution in [1.29, 1.82) is 0 Å². The normalized spacial score (nSPS) is 16.9. The molecule has 0 radical (unpaired) electrons. The summed E-state index contributed by atoms with van der Waals surface area (Å²) in [7, 11) is 1.56. The first-order valence-corrected chi connectivity index (χ1v) is 13.2. The Balaban J connectivity index is 1.49. The van der Waals surface area contributed by atoms with E-state index < -0.39 is 11.9 Å². The molecule has 1 unspecified atom stereocenters. The van der Waals surface area contributed by atoms with E-state index in [9.17, 15) is 14.0 Å². The number of fused-ring (bicyclic) bond motifs is 1. The van der Waals surface area contributed by atoms with Crippen molar-refractivity contribution in [3.63, 3.8) is 0 Å². The minimum absolute atomic E-state index is 0.267. The summed E-state index contributed by atoms with van der Waals surface area (Å²) in [6, 6.07) is 19.7. The van der Waals surface area contributed by atoms with Gasteiger partial charge in [0.2, 0.25) is 0 Å². The van der Waals surface area contributed by atoms with E-state index in [1.165, 1.54) is 24.3 Å². The van der Waals surface area contributed by atoms with Crippen LogP contribution in [0.3, 0.4) is 0 Å². The number of nitrogens with zero attached hydrogens (tertiary/aromatic N) is 2. The van der Waals surface area contributed by atoms with Crippen LogP contribution in [0.25, 0.3) is 0 Å². The molecule has 3 aromatic carbocycles. The number of halogens is 1. The number of para-hydroxylation sites is 2. The predicted octanol–water partition coefficient (Wildman–Crippen LogP) is 5.85. The fourth-order valence-corrected chi connectivity index (χ4v) is 5.65. The minimum Gasteiger partial charge on any atom is -0.495 e. The lowest BCUT2D eigenvalue weighted by atomic mass is 9.93. The molecule has 2 amide bonds. The lowest BCUT2D eigenvalue weighted by Crippen LogP contribution is -2.43. The largest absolute Gasteiger partial charge is 0.495 e. The molecule has 3 aromatic rings. The first-order chi connectivity index (χ1) is 18.4. The topological polar surface area (TPSA) is 83.0 Å². The molecule has 0 aliphatic carbocycles. The Morgan fingerprint density at radius 2 is 1.82 bits per heavy atom. The zero-order chi connectivity index (χ0) is 26.6. The van der Waals surface area contributed by atoms with E-state index >= 15 is 0 Å². The van der Waals surface area contributed by atoms with Crippen molar-refractivity contribution in [2.24, 2.45) is 4.99 Å². The Kier molecular flexibility index (Phi) is 7.46. The van der Waals surface area contributed by atoms with E-state index in [2.05, 4.69) is 15.5 Å². The van der Waals surface area contributed by atoms with E-state index in [0.29, 0.717) is 34.0 Å². The van der Waals surface area contributed by atoms with Gasteiger partial charge < -0.3 is 20.3 Å². The number of carbonyl (C=O) groups excluding carboxylic acids is 2. The maximum atomic E-state index is 13.8. The number of hydrogen-bond donors (Lipinski definition) is 2. The highest BCUT2D eigenvalue weighted by Crippen LogP contribution is 2.40. The third-order valence-electron chi connectivity index (χ3n) is 6.42. The Bertz CT molecular complexity index is 1440. The van der Waals surface area contributed by atoms with Crippen LogP contribution >= 0.6 is 11.8 Å². The first-order valence-electron chi connectivity index (χ1n) is 12.2. The van der Waals surface area contributed by atoms with Crippen LogP contribution < -0.4 is 15.4 Å². The Hall–Kier alpha value is -4.11. The molecule has 0 spiro atoms. The van der Waals surface area contributed by atoms with Crippen molar-refractivity contribution >= 4 is 40.1 Å². The fourth-order valence-electron chi connectivity index (χ4n) is 4.63. The minimum atomic E-state index is -0.404. The molecule has 2 aliphatic heterocycles. The number of anilines is 2. The molecule has 9 heteroatoms. The second-order valence-corrected chi connectivity index (χ2v) is 9.99. The highest BCUT2D eigenvalue weighted by Gasteiger charge is 2.37. The van der Waals surface area contributed by atoms with Crippen molar-refractivity contribution in [2.45, 2.75) is 19.4 Å². The summed E-state index contributed by atoms with van der Waals surface area (Å²) in [5.41, 5.74) is 3.52. The predicted molar refractivity (Wildman–Crippen MR) is 149 cm³/mol. The van der Waals surface area contributed by atoms with E-state index in [-0.39, 0.29) is 11.8 Å². The average Bonchev–Trinajstić information content (AvgIpc) is 2.93. The van der Waals surface area contributed by atoms with Gasteiger partial charge in [0.15, 0.2) is 5.17 Å². The highest BCUT2D eigenvalue weighted by atomic mass is 32.2. The van der Waals surface area contributed by atoms with Crippen molar-refractivity contribution in [3.05, 3.63) is 101 Å². The molecule has 0 saturated carbocycles. The zero-order valence-corrected chi connectivity index (χ0v) is 21.8. The molecule has 2 aliphatic rings. The van der Waals surface area contributed by atoms with Crippen LogP contribution in [0.1, 0.15) is 35.3 Å². The number of benzene rings is 3. The number of ether oxygens (including phenoxy) is 1. The number of rotatable bonds is 6. The second-order valence-electron chi connectivity index (χ2n) is 8.93. The van der Waals surface area contributed by atoms with E-state index in [1.54, 1.807) is 37.1 Å². The summed E-state index contributed by atoms with van der Waals surface area (Å²) < 4.78 is 18.7. The van der Waals surface area contributed by atoms with Gasteiger partial charge in [0.1, 0.15) is 11.6 Å². The molecular weight excluding hydrogens is 503 g/mol. The lowest BCUT2D eigenvalue weighted by molar-refractivity contribution is -0.113. The third-order valence-corrected chi connectivity index (χ3v) is 7.50. The second kappa shape index (κ2) is 11.1. The number of amidine groups is 1. The van der Waals surface area contributed by atoms with Crippen molar-refractivity contribution in [2.75, 3.05) is 30.0 Å². The number of aliphatic imine (C=N–C) groups is 1. The van der Waals surface area contributed by atoms with Crippen LogP contribution in [0.5, 0.6) is 5.75 Å². The number of amides is 2. The monoisotopic (exact) mass is 530 g/mol. The SMILES string of the molecule is COc1ccccc1NC(=O)C1=C(C)N=C2SCCCN2C1c1cccc(NC(=O)c2ccc(F)cc2)c1. The van der Waals surface area contributed by atoms with Gasteiger partial charge in [0.25, 0.3) is 11.8 Å². The molecule has 2 heterocycles. The summed E-state index contributed by atoms with van der Waals surface area (Å²) in [5, 5.41) is 6.78. The van der Waals surface area contributed by atoms with Crippen LogP contribution in [0.15, 0.2) is 89.1 Å². The molecule has 38 heavy (non-hydrogen) atoms. The Labute approximate surface area is 224 Å². The number of nitrogens with one attached hydrogen (secondary N) is 2. The molecule has 0 aromatic heterocycles. The van der Waals surface area contributed by atoms with Gasteiger partial charge in [0, 0.05) is 23.5 Å². The van der Waals surface area contributed by atoms with Crippen LogP contribution in [0.4, 0.5) is 15.8 Å². The maximum Gasteiger partial charge on any atom is 0.255 e. The highest BCUT2D eigenvalue weighted by molar-refractivity contribution is 8.13. The maximum absolute atomic E-state index is 13.8. The van der Waals surface area contributed by atoms with Gasteiger partial charge in [-0.3, -0.25) is 9.59 Å². The van der Waals surface area contributed by atoms with Crippen LogP contribution in [0.2, 0.25) is 0 Å². The van der Waals surface area contributed by atoms with Crippen molar-refractivity contribution < 1.29 is 18.7 Å². The standard InChI is InChI=1S/C29H27FN4O3S/c1-18-25(28(36)33-23-9-3-4-10-24(23)37-2)26(34-15-6-16-38-29(34)31-18)20-7-5-8-22(17-20)32-27(35)19-11-13-21(30)14-12-19/h3-5,7-14,17,26H,6,15-16H2,1-2H3,(H,32,35)(H,33,36). The summed E-state index contributed by atoms with van der Waals surface area (Å²) in [6.07, 6.45) is 0.960. The van der Waals surface area contributed by atoms with Gasteiger partial charge in [-0.05, 0) is 67.4 Å². The van der Waals surface area contributed by atoms with Crippen molar-refractivity contribution in [3.8, 4) is 5.75 Å². The smallest absolute Gasteiger partial charge is 0.255 e. The number of thioether (sulfide) groups is 1. The average molecular weight is 531 g/mol. The summed E-state index contributed by atoms with van der Waals surface area (Å²) in [5.74, 6) is 0.512. The fraction of sp³-hybridized carbons (Fsp3) is 0.207. The molecule has 2 N–H and O–H groups in total. The molecule has 5 rings (SSSR count). The molecule has 0 bridgehead atoms. The van der Waals surface area contributed by atoms with Gasteiger partial charge in [0.05, 0.1) is 30.1 Å². The lowest BCUT2D eigenvalue weighted by Gasteiger charge is -2.41. The van der Waals surface area contributed by atoms with Gasteiger partial charge in [-0.15, -0.1) is 0 Å². The Morgan fingerprint density at radius 1 is 1.03 bits per heavy atom. The van der Waals surface area contributed by atoms with Gasteiger partial charge in [-0.2, -0.15) is 0 Å². The molecule has 194 valence electrons. The van der Waals surface area contributed by atoms with Gasteiger partial charge in [-0.25, -0.2) is 9.38 Å². The van der Waals surface area contributed by atoms with E-state index in [4.69, 9.17) is 9.73 Å². The first kappa shape index (κ1) is 25.5. The molecular formula is C29H27FN4O3S. The van der Waals surface area contributed by atoms with E-state index in [1.807, 2.05) is 37.3 Å². The van der Waals surface area contributed by atoms with Crippen LogP contribution in [0, 0.1) is 5.82 Å². The molecule has 1 atom stereocenters. The van der Waals surface area contributed by atoms with Crippen LogP contribution in [-0.2, 0) is 4.79 Å². The molecule has 1 fully saturated rings. The van der Waals surface area contributed by atoms with E-state index in [0.717, 1.165) is 29.4 Å². The summed E-state index contributed by atoms with van der Waals surface area (Å²) in [6.45, 7) is 2.60.